The van der Waals surface area contributed by atoms with Crippen molar-refractivity contribution in [1.82, 2.24) is 9.80 Å². The van der Waals surface area contributed by atoms with Gasteiger partial charge in [-0.1, -0.05) is 0 Å². The number of carbonyl (C=O) groups excluding carboxylic acids is 1. The molecule has 0 unspecified atom stereocenters. The molecule has 2 aromatic rings. The Morgan fingerprint density at radius 2 is 1.96 bits per heavy atom. The molecule has 122 valence electrons. The van der Waals surface area contributed by atoms with Crippen LogP contribution in [0.25, 0.3) is 0 Å². The molecule has 1 aliphatic rings. The Morgan fingerprint density at radius 3 is 2.61 bits per heavy atom. The zero-order chi connectivity index (χ0) is 16.2. The topological polar surface area (TPSA) is 48.7 Å². The molecule has 1 aromatic heterocycles. The Balaban J connectivity index is 1.51. The molecule has 3 rings (SSSR count). The normalized spacial score (nSPS) is 15.7. The Morgan fingerprint density at radius 1 is 1.17 bits per heavy atom. The SMILES string of the molecule is O=C(Nc1ccc(F)cc1F)N1CCN(Cc2ccco2)CC1. The van der Waals surface area contributed by atoms with Gasteiger partial charge in [0.25, 0.3) is 0 Å². The fraction of sp³-hybridized carbons (Fsp3) is 0.312. The van der Waals surface area contributed by atoms with Crippen molar-refractivity contribution in [2.75, 3.05) is 31.5 Å². The minimum absolute atomic E-state index is 0.0191. The number of rotatable bonds is 3. The monoisotopic (exact) mass is 321 g/mol. The van der Waals surface area contributed by atoms with Crippen molar-refractivity contribution in [1.29, 1.82) is 0 Å². The Kier molecular flexibility index (Phi) is 4.57. The molecule has 2 heterocycles. The van der Waals surface area contributed by atoms with Gasteiger partial charge in [0.2, 0.25) is 0 Å². The van der Waals surface area contributed by atoms with Gasteiger partial charge in [-0.2, -0.15) is 0 Å². The molecule has 5 nitrogen and oxygen atoms in total. The number of carbonyl (C=O) groups is 1. The summed E-state index contributed by atoms with van der Waals surface area (Å²) in [5.74, 6) is -0.571. The summed E-state index contributed by atoms with van der Waals surface area (Å²) in [5, 5.41) is 2.48. The van der Waals surface area contributed by atoms with Crippen LogP contribution in [0.5, 0.6) is 0 Å². The molecule has 0 radical (unpaired) electrons. The molecule has 0 aliphatic carbocycles. The summed E-state index contributed by atoms with van der Waals surface area (Å²) in [6.45, 7) is 3.19. The van der Waals surface area contributed by atoms with Gasteiger partial charge < -0.3 is 14.6 Å². The molecule has 0 spiro atoms. The van der Waals surface area contributed by atoms with E-state index < -0.39 is 11.6 Å². The average molecular weight is 321 g/mol. The van der Waals surface area contributed by atoms with E-state index in [2.05, 4.69) is 10.2 Å². The van der Waals surface area contributed by atoms with Crippen molar-refractivity contribution in [2.24, 2.45) is 0 Å². The summed E-state index contributed by atoms with van der Waals surface area (Å²) < 4.78 is 31.7. The van der Waals surface area contributed by atoms with E-state index in [0.29, 0.717) is 32.7 Å². The second-order valence-corrected chi connectivity index (χ2v) is 5.40. The molecule has 1 saturated heterocycles. The van der Waals surface area contributed by atoms with Gasteiger partial charge in [0, 0.05) is 32.2 Å². The number of hydrogen-bond acceptors (Lipinski definition) is 3. The first kappa shape index (κ1) is 15.5. The largest absolute Gasteiger partial charge is 0.468 e. The van der Waals surface area contributed by atoms with Crippen LogP contribution in [-0.4, -0.2) is 42.0 Å². The van der Waals surface area contributed by atoms with E-state index in [1.54, 1.807) is 11.2 Å². The van der Waals surface area contributed by atoms with Gasteiger partial charge >= 0.3 is 6.03 Å². The first-order chi connectivity index (χ1) is 11.1. The van der Waals surface area contributed by atoms with Gasteiger partial charge in [-0.15, -0.1) is 0 Å². The molecule has 7 heteroatoms. The maximum absolute atomic E-state index is 13.6. The standard InChI is InChI=1S/C16H17F2N3O2/c17-12-3-4-15(14(18)10-12)19-16(22)21-7-5-20(6-8-21)11-13-2-1-9-23-13/h1-4,9-10H,5-8,11H2,(H,19,22). The number of urea groups is 1. The highest BCUT2D eigenvalue weighted by molar-refractivity contribution is 5.89. The lowest BCUT2D eigenvalue weighted by Gasteiger charge is -2.34. The van der Waals surface area contributed by atoms with Crippen LogP contribution in [-0.2, 0) is 6.54 Å². The second kappa shape index (κ2) is 6.78. The number of amides is 2. The van der Waals surface area contributed by atoms with Crippen LogP contribution in [0.15, 0.2) is 41.0 Å². The van der Waals surface area contributed by atoms with Crippen LogP contribution >= 0.6 is 0 Å². The molecule has 0 atom stereocenters. The van der Waals surface area contributed by atoms with Crippen LogP contribution in [0.1, 0.15) is 5.76 Å². The van der Waals surface area contributed by atoms with Crippen LogP contribution in [0.4, 0.5) is 19.3 Å². The lowest BCUT2D eigenvalue weighted by molar-refractivity contribution is 0.137. The third-order valence-corrected chi connectivity index (χ3v) is 3.79. The maximum atomic E-state index is 13.6. The lowest BCUT2D eigenvalue weighted by atomic mass is 10.3. The first-order valence-electron chi connectivity index (χ1n) is 7.37. The summed E-state index contributed by atoms with van der Waals surface area (Å²) in [4.78, 5) is 15.9. The number of benzene rings is 1. The molecule has 1 aliphatic heterocycles. The van der Waals surface area contributed by atoms with Crippen LogP contribution in [0, 0.1) is 11.6 Å². The minimum atomic E-state index is -0.783. The van der Waals surface area contributed by atoms with Crippen molar-refractivity contribution in [2.45, 2.75) is 6.54 Å². The lowest BCUT2D eigenvalue weighted by Crippen LogP contribution is -2.49. The van der Waals surface area contributed by atoms with E-state index in [9.17, 15) is 13.6 Å². The molecule has 1 aromatic carbocycles. The van der Waals surface area contributed by atoms with Gasteiger partial charge in [-0.3, -0.25) is 4.90 Å². The molecule has 2 amide bonds. The number of halogens is 2. The average Bonchev–Trinajstić information content (AvgIpc) is 3.04. The first-order valence-corrected chi connectivity index (χ1v) is 7.37. The minimum Gasteiger partial charge on any atom is -0.468 e. The molecular formula is C16H17F2N3O2. The molecule has 0 saturated carbocycles. The summed E-state index contributed by atoms with van der Waals surface area (Å²) >= 11 is 0. The highest BCUT2D eigenvalue weighted by Gasteiger charge is 2.22. The van der Waals surface area contributed by atoms with Crippen LogP contribution in [0.3, 0.4) is 0 Å². The van der Waals surface area contributed by atoms with E-state index in [0.717, 1.165) is 17.9 Å². The highest BCUT2D eigenvalue weighted by atomic mass is 19.1. The third kappa shape index (κ3) is 3.87. The van der Waals surface area contributed by atoms with Crippen LogP contribution < -0.4 is 5.32 Å². The quantitative estimate of drug-likeness (QED) is 0.945. The Labute approximate surface area is 132 Å². The fourth-order valence-corrected chi connectivity index (χ4v) is 2.52. The van der Waals surface area contributed by atoms with E-state index >= 15 is 0 Å². The molecule has 1 fully saturated rings. The zero-order valence-electron chi connectivity index (χ0n) is 12.5. The second-order valence-electron chi connectivity index (χ2n) is 5.40. The summed E-state index contributed by atoms with van der Waals surface area (Å²) in [6.07, 6.45) is 1.64. The van der Waals surface area contributed by atoms with Gasteiger partial charge in [-0.05, 0) is 24.3 Å². The van der Waals surface area contributed by atoms with Gasteiger partial charge in [-0.25, -0.2) is 13.6 Å². The zero-order valence-corrected chi connectivity index (χ0v) is 12.5. The van der Waals surface area contributed by atoms with Crippen molar-refractivity contribution >= 4 is 11.7 Å². The molecule has 0 bridgehead atoms. The number of furan rings is 1. The predicted molar refractivity (Wildman–Crippen MR) is 80.9 cm³/mol. The summed E-state index contributed by atoms with van der Waals surface area (Å²) in [5.41, 5.74) is -0.0191. The van der Waals surface area contributed by atoms with E-state index in [4.69, 9.17) is 4.42 Å². The van der Waals surface area contributed by atoms with Gasteiger partial charge in [0.15, 0.2) is 0 Å². The number of nitrogens with zero attached hydrogens (tertiary/aromatic N) is 2. The fourth-order valence-electron chi connectivity index (χ4n) is 2.52. The predicted octanol–water partition coefficient (Wildman–Crippen LogP) is 2.91. The van der Waals surface area contributed by atoms with Gasteiger partial charge in [0.05, 0.1) is 18.5 Å². The Hall–Kier alpha value is -2.41. The number of hydrogen-bond donors (Lipinski definition) is 1. The van der Waals surface area contributed by atoms with Crippen molar-refractivity contribution in [3.63, 3.8) is 0 Å². The number of nitrogens with one attached hydrogen (secondary N) is 1. The van der Waals surface area contributed by atoms with Crippen molar-refractivity contribution in [3.8, 4) is 0 Å². The van der Waals surface area contributed by atoms with Crippen molar-refractivity contribution < 1.29 is 18.0 Å². The third-order valence-electron chi connectivity index (χ3n) is 3.79. The van der Waals surface area contributed by atoms with Crippen molar-refractivity contribution in [3.05, 3.63) is 54.0 Å². The molecular weight excluding hydrogens is 304 g/mol. The molecule has 23 heavy (non-hydrogen) atoms. The summed E-state index contributed by atoms with van der Waals surface area (Å²) in [7, 11) is 0. The van der Waals surface area contributed by atoms with Crippen LogP contribution in [0.2, 0.25) is 0 Å². The summed E-state index contributed by atoms with van der Waals surface area (Å²) in [6, 6.07) is 6.45. The van der Waals surface area contributed by atoms with Gasteiger partial charge in [0.1, 0.15) is 17.4 Å². The van der Waals surface area contributed by atoms with E-state index in [1.165, 1.54) is 6.07 Å². The molecule has 1 N–H and O–H groups in total. The van der Waals surface area contributed by atoms with E-state index in [-0.39, 0.29) is 11.7 Å². The van der Waals surface area contributed by atoms with E-state index in [1.807, 2.05) is 12.1 Å². The number of piperazine rings is 1. The maximum Gasteiger partial charge on any atom is 0.322 e. The smallest absolute Gasteiger partial charge is 0.322 e. The highest BCUT2D eigenvalue weighted by Crippen LogP contribution is 2.16. The Bertz CT molecular complexity index is 668. The number of anilines is 1.